The second kappa shape index (κ2) is 8.66. The number of rotatable bonds is 8. The van der Waals surface area contributed by atoms with Crippen LogP contribution in [0, 0.1) is 12.7 Å². The molecule has 0 aliphatic rings. The van der Waals surface area contributed by atoms with Gasteiger partial charge in [0.1, 0.15) is 18.5 Å². The van der Waals surface area contributed by atoms with E-state index in [2.05, 4.69) is 0 Å². The van der Waals surface area contributed by atoms with Crippen LogP contribution in [0.1, 0.15) is 11.1 Å². The molecule has 1 N–H and O–H groups in total. The molecule has 0 fully saturated rings. The molecule has 0 saturated carbocycles. The second-order valence-corrected chi connectivity index (χ2v) is 5.94. The van der Waals surface area contributed by atoms with Gasteiger partial charge in [0.15, 0.2) is 11.6 Å². The van der Waals surface area contributed by atoms with E-state index in [0.29, 0.717) is 13.1 Å². The van der Waals surface area contributed by atoms with Crippen LogP contribution < -0.4 is 9.47 Å². The van der Waals surface area contributed by atoms with E-state index in [1.165, 1.54) is 13.2 Å². The highest BCUT2D eigenvalue weighted by atomic mass is 19.1. The Kier molecular flexibility index (Phi) is 6.58. The van der Waals surface area contributed by atoms with Gasteiger partial charge in [0.2, 0.25) is 0 Å². The van der Waals surface area contributed by atoms with Crippen LogP contribution in [0.3, 0.4) is 0 Å². The van der Waals surface area contributed by atoms with Crippen molar-refractivity contribution in [3.8, 4) is 11.5 Å². The Bertz CT molecular complexity index is 646. The molecule has 0 spiro atoms. The number of aliphatic hydroxyl groups is 1. The van der Waals surface area contributed by atoms with Crippen LogP contribution in [0.15, 0.2) is 42.5 Å². The fourth-order valence-electron chi connectivity index (χ4n) is 2.42. The van der Waals surface area contributed by atoms with Crippen LogP contribution in [0.4, 0.5) is 4.39 Å². The summed E-state index contributed by atoms with van der Waals surface area (Å²) >= 11 is 0. The molecule has 0 aromatic heterocycles. The van der Waals surface area contributed by atoms with Gasteiger partial charge in [-0.05, 0) is 43.8 Å². The van der Waals surface area contributed by atoms with Gasteiger partial charge in [0, 0.05) is 13.1 Å². The molecule has 0 bridgehead atoms. The third-order valence-corrected chi connectivity index (χ3v) is 3.65. The largest absolute Gasteiger partial charge is 0.494 e. The average molecular weight is 333 g/mol. The lowest BCUT2D eigenvalue weighted by molar-refractivity contribution is 0.0743. The summed E-state index contributed by atoms with van der Waals surface area (Å²) in [5.41, 5.74) is 1.98. The Balaban J connectivity index is 1.79. The summed E-state index contributed by atoms with van der Waals surface area (Å²) in [5, 5.41) is 10.1. The van der Waals surface area contributed by atoms with Crippen molar-refractivity contribution >= 4 is 0 Å². The predicted octanol–water partition coefficient (Wildman–Crippen LogP) is 3.01. The van der Waals surface area contributed by atoms with Gasteiger partial charge in [-0.2, -0.15) is 0 Å². The topological polar surface area (TPSA) is 41.9 Å². The summed E-state index contributed by atoms with van der Waals surface area (Å²) in [6.45, 7) is 3.18. The van der Waals surface area contributed by atoms with Crippen LogP contribution in [0.5, 0.6) is 11.5 Å². The normalized spacial score (nSPS) is 12.2. The molecule has 0 aliphatic carbocycles. The van der Waals surface area contributed by atoms with Crippen LogP contribution in [0.2, 0.25) is 0 Å². The number of nitrogens with zero attached hydrogens (tertiary/aromatic N) is 1. The molecule has 1 atom stereocenters. The lowest BCUT2D eigenvalue weighted by atomic mass is 10.2. The number of methoxy groups -OCH3 is 1. The molecule has 4 nitrogen and oxygen atoms in total. The minimum absolute atomic E-state index is 0.213. The van der Waals surface area contributed by atoms with Crippen molar-refractivity contribution in [3.05, 3.63) is 59.4 Å². The molecular formula is C19H24FNO3. The molecule has 1 unspecified atom stereocenters. The first-order valence-electron chi connectivity index (χ1n) is 7.86. The molecular weight excluding hydrogens is 309 g/mol. The highest BCUT2D eigenvalue weighted by Crippen LogP contribution is 2.18. The number of halogens is 1. The fraction of sp³-hybridized carbons (Fsp3) is 0.368. The minimum atomic E-state index is -0.626. The maximum Gasteiger partial charge on any atom is 0.165 e. The minimum Gasteiger partial charge on any atom is -0.494 e. The molecule has 0 saturated heterocycles. The van der Waals surface area contributed by atoms with Crippen LogP contribution in [-0.2, 0) is 6.54 Å². The van der Waals surface area contributed by atoms with Crippen molar-refractivity contribution in [1.82, 2.24) is 4.90 Å². The highest BCUT2D eigenvalue weighted by molar-refractivity contribution is 5.29. The summed E-state index contributed by atoms with van der Waals surface area (Å²) in [5.74, 6) is 0.583. The van der Waals surface area contributed by atoms with E-state index in [0.717, 1.165) is 16.9 Å². The number of benzene rings is 2. The fourth-order valence-corrected chi connectivity index (χ4v) is 2.42. The van der Waals surface area contributed by atoms with Crippen molar-refractivity contribution in [3.63, 3.8) is 0 Å². The quantitative estimate of drug-likeness (QED) is 0.806. The molecule has 2 rings (SSSR count). The lowest BCUT2D eigenvalue weighted by Crippen LogP contribution is -2.32. The van der Waals surface area contributed by atoms with Gasteiger partial charge in [-0.25, -0.2) is 4.39 Å². The first-order valence-corrected chi connectivity index (χ1v) is 7.86. The van der Waals surface area contributed by atoms with Crippen molar-refractivity contribution in [2.75, 3.05) is 27.3 Å². The number of aliphatic hydroxyl groups excluding tert-OH is 1. The molecule has 2 aromatic rings. The molecule has 0 radical (unpaired) electrons. The van der Waals surface area contributed by atoms with E-state index in [1.54, 1.807) is 6.07 Å². The molecule has 130 valence electrons. The van der Waals surface area contributed by atoms with Gasteiger partial charge in [-0.1, -0.05) is 23.8 Å². The number of hydrogen-bond acceptors (Lipinski definition) is 4. The number of aryl methyl sites for hydroxylation is 1. The van der Waals surface area contributed by atoms with E-state index < -0.39 is 6.10 Å². The van der Waals surface area contributed by atoms with E-state index >= 15 is 0 Å². The highest BCUT2D eigenvalue weighted by Gasteiger charge is 2.11. The third kappa shape index (κ3) is 5.51. The van der Waals surface area contributed by atoms with Crippen molar-refractivity contribution in [2.24, 2.45) is 0 Å². The molecule has 0 aliphatic heterocycles. The van der Waals surface area contributed by atoms with Crippen LogP contribution in [-0.4, -0.2) is 43.4 Å². The van der Waals surface area contributed by atoms with E-state index in [-0.39, 0.29) is 18.2 Å². The molecule has 2 aromatic carbocycles. The molecule has 0 amide bonds. The Labute approximate surface area is 142 Å². The molecule has 0 heterocycles. The zero-order valence-electron chi connectivity index (χ0n) is 14.3. The number of likely N-dealkylation sites (N-methyl/N-ethyl adjacent to an activating group) is 1. The average Bonchev–Trinajstić information content (AvgIpc) is 2.54. The first-order chi connectivity index (χ1) is 11.5. The summed E-state index contributed by atoms with van der Waals surface area (Å²) in [6, 6.07) is 12.6. The van der Waals surface area contributed by atoms with Crippen LogP contribution in [0.25, 0.3) is 0 Å². The molecule has 5 heteroatoms. The van der Waals surface area contributed by atoms with Crippen molar-refractivity contribution in [2.45, 2.75) is 19.6 Å². The summed E-state index contributed by atoms with van der Waals surface area (Å²) in [6.07, 6.45) is -0.626. The van der Waals surface area contributed by atoms with Gasteiger partial charge in [-0.15, -0.1) is 0 Å². The maximum atomic E-state index is 13.7. The lowest BCUT2D eigenvalue weighted by Gasteiger charge is -2.21. The predicted molar refractivity (Wildman–Crippen MR) is 92.0 cm³/mol. The van der Waals surface area contributed by atoms with E-state index in [1.807, 2.05) is 49.2 Å². The van der Waals surface area contributed by atoms with Gasteiger partial charge >= 0.3 is 0 Å². The number of hydrogen-bond donors (Lipinski definition) is 1. The van der Waals surface area contributed by atoms with Crippen molar-refractivity contribution < 1.29 is 19.0 Å². The Morgan fingerprint density at radius 1 is 1.17 bits per heavy atom. The van der Waals surface area contributed by atoms with Crippen LogP contribution >= 0.6 is 0 Å². The van der Waals surface area contributed by atoms with Gasteiger partial charge in [-0.3, -0.25) is 4.90 Å². The zero-order valence-corrected chi connectivity index (χ0v) is 14.3. The van der Waals surface area contributed by atoms with E-state index in [4.69, 9.17) is 9.47 Å². The Morgan fingerprint density at radius 3 is 2.50 bits per heavy atom. The summed E-state index contributed by atoms with van der Waals surface area (Å²) in [7, 11) is 3.31. The maximum absolute atomic E-state index is 13.7. The SMILES string of the molecule is COc1ccc(CN(C)CC(O)COc2ccc(C)cc2)cc1F. The van der Waals surface area contributed by atoms with E-state index in [9.17, 15) is 9.50 Å². The Morgan fingerprint density at radius 2 is 1.88 bits per heavy atom. The zero-order chi connectivity index (χ0) is 17.5. The summed E-state index contributed by atoms with van der Waals surface area (Å²) < 4.78 is 24.2. The smallest absolute Gasteiger partial charge is 0.165 e. The summed E-state index contributed by atoms with van der Waals surface area (Å²) in [4.78, 5) is 1.92. The van der Waals surface area contributed by atoms with Gasteiger partial charge in [0.05, 0.1) is 7.11 Å². The number of ether oxygens (including phenoxy) is 2. The second-order valence-electron chi connectivity index (χ2n) is 5.94. The van der Waals surface area contributed by atoms with Crippen molar-refractivity contribution in [1.29, 1.82) is 0 Å². The monoisotopic (exact) mass is 333 g/mol. The Hall–Kier alpha value is -2.11. The third-order valence-electron chi connectivity index (χ3n) is 3.65. The first kappa shape index (κ1) is 18.2. The standard InChI is InChI=1S/C19H24FNO3/c1-14-4-7-17(8-5-14)24-13-16(22)12-21(2)11-15-6-9-19(23-3)18(20)10-15/h4-10,16,22H,11-13H2,1-3H3. The van der Waals surface area contributed by atoms with Gasteiger partial charge < -0.3 is 14.6 Å². The van der Waals surface area contributed by atoms with Gasteiger partial charge in [0.25, 0.3) is 0 Å². The molecule has 24 heavy (non-hydrogen) atoms.